The summed E-state index contributed by atoms with van der Waals surface area (Å²) in [6, 6.07) is 19.6. The quantitative estimate of drug-likeness (QED) is 0.303. The highest BCUT2D eigenvalue weighted by Crippen LogP contribution is 2.33. The smallest absolute Gasteiger partial charge is 0.405 e. The monoisotopic (exact) mass is 529 g/mol. The number of carboxylic acid groups (broad SMARTS) is 1. The Morgan fingerprint density at radius 1 is 0.872 bits per heavy atom. The van der Waals surface area contributed by atoms with E-state index in [1.807, 2.05) is 0 Å². The summed E-state index contributed by atoms with van der Waals surface area (Å²) in [7, 11) is 0. The van der Waals surface area contributed by atoms with Crippen molar-refractivity contribution in [2.75, 3.05) is 11.4 Å². The Hall–Kier alpha value is -4.66. The lowest BCUT2D eigenvalue weighted by molar-refractivity contribution is -0.127. The predicted octanol–water partition coefficient (Wildman–Crippen LogP) is 4.41. The van der Waals surface area contributed by atoms with E-state index >= 15 is 0 Å². The zero-order chi connectivity index (χ0) is 27.8. The second kappa shape index (κ2) is 12.7. The minimum absolute atomic E-state index is 0.0821. The van der Waals surface area contributed by atoms with Gasteiger partial charge in [-0.25, -0.2) is 4.79 Å². The molecule has 1 fully saturated rings. The van der Waals surface area contributed by atoms with E-state index in [-0.39, 0.29) is 28.8 Å². The van der Waals surface area contributed by atoms with Crippen molar-refractivity contribution in [3.63, 3.8) is 0 Å². The summed E-state index contributed by atoms with van der Waals surface area (Å²) in [5.41, 5.74) is 1.02. The molecule has 0 radical (unpaired) electrons. The Kier molecular flexibility index (Phi) is 8.94. The van der Waals surface area contributed by atoms with E-state index < -0.39 is 30.5 Å². The summed E-state index contributed by atoms with van der Waals surface area (Å²) in [5.74, 6) is -1.69. The molecule has 202 valence electrons. The molecule has 4 N–H and O–H groups in total. The second-order valence-electron chi connectivity index (χ2n) is 9.48. The first-order valence-corrected chi connectivity index (χ1v) is 12.9. The van der Waals surface area contributed by atoms with Crippen molar-refractivity contribution in [3.8, 4) is 5.75 Å². The summed E-state index contributed by atoms with van der Waals surface area (Å²) in [5, 5.41) is 24.5. The Morgan fingerprint density at radius 2 is 1.56 bits per heavy atom. The van der Waals surface area contributed by atoms with E-state index in [1.54, 1.807) is 66.7 Å². The van der Waals surface area contributed by atoms with Crippen molar-refractivity contribution in [3.05, 3.63) is 95.6 Å². The lowest BCUT2D eigenvalue weighted by Crippen LogP contribution is -2.50. The number of hydrogen-bond acceptors (Lipinski definition) is 5. The van der Waals surface area contributed by atoms with E-state index in [9.17, 15) is 29.4 Å². The van der Waals surface area contributed by atoms with E-state index in [2.05, 4.69) is 10.6 Å². The zero-order valence-corrected chi connectivity index (χ0v) is 21.4. The van der Waals surface area contributed by atoms with Crippen LogP contribution in [0.15, 0.2) is 78.9 Å². The molecular formula is C30H31N3O6. The molecule has 0 spiro atoms. The molecule has 1 atom stereocenters. The number of aromatic hydroxyl groups is 1. The molecule has 0 saturated heterocycles. The van der Waals surface area contributed by atoms with Gasteiger partial charge in [-0.3, -0.25) is 19.3 Å². The number of anilines is 1. The number of para-hydroxylation sites is 1. The van der Waals surface area contributed by atoms with E-state index in [4.69, 9.17) is 0 Å². The highest BCUT2D eigenvalue weighted by molar-refractivity contribution is 6.15. The first-order chi connectivity index (χ1) is 18.8. The van der Waals surface area contributed by atoms with Crippen LogP contribution < -0.4 is 15.5 Å². The highest BCUT2D eigenvalue weighted by Gasteiger charge is 2.36. The van der Waals surface area contributed by atoms with Crippen LogP contribution in [0.3, 0.4) is 0 Å². The van der Waals surface area contributed by atoms with Crippen LogP contribution >= 0.6 is 0 Å². The Labute approximate surface area is 226 Å². The second-order valence-corrected chi connectivity index (χ2v) is 9.48. The van der Waals surface area contributed by atoms with Crippen LogP contribution in [0.2, 0.25) is 0 Å². The molecule has 39 heavy (non-hydrogen) atoms. The number of rotatable bonds is 9. The van der Waals surface area contributed by atoms with Crippen LogP contribution in [0.1, 0.15) is 59.6 Å². The number of benzene rings is 3. The van der Waals surface area contributed by atoms with Gasteiger partial charge in [-0.15, -0.1) is 0 Å². The van der Waals surface area contributed by atoms with Crippen molar-refractivity contribution < 1.29 is 29.4 Å². The molecule has 1 unspecified atom stereocenters. The van der Waals surface area contributed by atoms with Crippen LogP contribution in [-0.2, 0) is 9.59 Å². The first-order valence-electron chi connectivity index (χ1n) is 12.9. The zero-order valence-electron chi connectivity index (χ0n) is 21.4. The molecule has 0 heterocycles. The summed E-state index contributed by atoms with van der Waals surface area (Å²) in [6.07, 6.45) is 3.23. The molecule has 3 aromatic carbocycles. The maximum atomic E-state index is 13.9. The van der Waals surface area contributed by atoms with Gasteiger partial charge in [0.25, 0.3) is 0 Å². The van der Waals surface area contributed by atoms with Crippen LogP contribution in [0, 0.1) is 0 Å². The number of phenolic OH excluding ortho intramolecular Hbond substituents is 1. The number of ketones is 1. The summed E-state index contributed by atoms with van der Waals surface area (Å²) in [6.45, 7) is -0.630. The third kappa shape index (κ3) is 6.81. The molecule has 9 nitrogen and oxygen atoms in total. The predicted molar refractivity (Wildman–Crippen MR) is 146 cm³/mol. The first kappa shape index (κ1) is 27.4. The Balaban J connectivity index is 1.84. The van der Waals surface area contributed by atoms with Gasteiger partial charge in [-0.05, 0) is 42.7 Å². The molecule has 0 aliphatic heterocycles. The van der Waals surface area contributed by atoms with Gasteiger partial charge >= 0.3 is 6.09 Å². The number of carbonyl (C=O) groups is 4. The minimum Gasteiger partial charge on any atom is -0.508 e. The standard InChI is InChI=1S/C30H31N3O6/c34-23-15-9-12-21(18-23)27(29(37)32-22-13-5-2-6-14-22)33(26(35)19-31-30(38)39)25-17-8-7-16-24(25)28(36)20-10-3-1-4-11-20/h1,3-4,7-12,15-18,22,27,31,34H,2,5-6,13-14,19H2,(H,32,37)(H,38,39). The number of nitrogens with one attached hydrogen (secondary N) is 2. The lowest BCUT2D eigenvalue weighted by atomic mass is 9.94. The van der Waals surface area contributed by atoms with Crippen molar-refractivity contribution >= 4 is 29.4 Å². The molecule has 1 aliphatic carbocycles. The molecule has 1 aliphatic rings. The van der Waals surface area contributed by atoms with Gasteiger partial charge in [0.2, 0.25) is 11.8 Å². The lowest BCUT2D eigenvalue weighted by Gasteiger charge is -2.34. The van der Waals surface area contributed by atoms with E-state index in [0.717, 1.165) is 37.0 Å². The van der Waals surface area contributed by atoms with Crippen LogP contribution in [0.5, 0.6) is 5.75 Å². The number of phenols is 1. The fraction of sp³-hybridized carbons (Fsp3) is 0.267. The van der Waals surface area contributed by atoms with E-state index in [1.165, 1.54) is 12.1 Å². The van der Waals surface area contributed by atoms with Gasteiger partial charge in [-0.2, -0.15) is 0 Å². The van der Waals surface area contributed by atoms with Crippen LogP contribution in [0.25, 0.3) is 0 Å². The van der Waals surface area contributed by atoms with Crippen LogP contribution in [-0.4, -0.2) is 46.5 Å². The normalized spacial score (nSPS) is 14.2. The fourth-order valence-corrected chi connectivity index (χ4v) is 4.91. The summed E-state index contributed by atoms with van der Waals surface area (Å²) >= 11 is 0. The Bertz CT molecular complexity index is 1340. The molecule has 3 aromatic rings. The molecular weight excluding hydrogens is 498 g/mol. The summed E-state index contributed by atoms with van der Waals surface area (Å²) in [4.78, 5) is 53.6. The molecule has 1 saturated carbocycles. The topological polar surface area (TPSA) is 136 Å². The van der Waals surface area contributed by atoms with Gasteiger partial charge in [-0.1, -0.05) is 73.9 Å². The third-order valence-electron chi connectivity index (χ3n) is 6.75. The van der Waals surface area contributed by atoms with Crippen molar-refractivity contribution in [2.24, 2.45) is 0 Å². The van der Waals surface area contributed by atoms with Gasteiger partial charge in [0.1, 0.15) is 18.3 Å². The molecule has 0 aromatic heterocycles. The average molecular weight is 530 g/mol. The largest absolute Gasteiger partial charge is 0.508 e. The van der Waals surface area contributed by atoms with Gasteiger partial charge in [0, 0.05) is 17.2 Å². The van der Waals surface area contributed by atoms with E-state index in [0.29, 0.717) is 11.1 Å². The van der Waals surface area contributed by atoms with Gasteiger partial charge < -0.3 is 20.8 Å². The van der Waals surface area contributed by atoms with Gasteiger partial charge in [0.05, 0.1) is 5.69 Å². The molecule has 9 heteroatoms. The fourth-order valence-electron chi connectivity index (χ4n) is 4.91. The number of nitrogens with zero attached hydrogens (tertiary/aromatic N) is 1. The molecule has 3 amide bonds. The highest BCUT2D eigenvalue weighted by atomic mass is 16.4. The summed E-state index contributed by atoms with van der Waals surface area (Å²) < 4.78 is 0. The Morgan fingerprint density at radius 3 is 2.26 bits per heavy atom. The third-order valence-corrected chi connectivity index (χ3v) is 6.75. The van der Waals surface area contributed by atoms with Crippen molar-refractivity contribution in [1.82, 2.24) is 10.6 Å². The van der Waals surface area contributed by atoms with Crippen molar-refractivity contribution in [1.29, 1.82) is 0 Å². The molecule has 0 bridgehead atoms. The van der Waals surface area contributed by atoms with Crippen LogP contribution in [0.4, 0.5) is 10.5 Å². The minimum atomic E-state index is -1.41. The maximum absolute atomic E-state index is 13.9. The number of amides is 3. The van der Waals surface area contributed by atoms with Gasteiger partial charge in [0.15, 0.2) is 5.78 Å². The number of hydrogen-bond donors (Lipinski definition) is 4. The number of carbonyl (C=O) groups excluding carboxylic acids is 3. The molecule has 4 rings (SSSR count). The average Bonchev–Trinajstić information content (AvgIpc) is 2.95. The maximum Gasteiger partial charge on any atom is 0.405 e. The van der Waals surface area contributed by atoms with Crippen molar-refractivity contribution in [2.45, 2.75) is 44.2 Å². The SMILES string of the molecule is O=C(O)NCC(=O)N(c1ccccc1C(=O)c1ccccc1)C(C(=O)NC1CCCCC1)c1cccc(O)c1.